The molecule has 0 saturated carbocycles. The van der Waals surface area contributed by atoms with Gasteiger partial charge in [0, 0.05) is 11.6 Å². The maximum absolute atomic E-state index is 12.2. The average molecular weight is 386 g/mol. The van der Waals surface area contributed by atoms with E-state index >= 15 is 0 Å². The van der Waals surface area contributed by atoms with E-state index in [-0.39, 0.29) is 28.7 Å². The third kappa shape index (κ3) is 5.47. The number of carbonyl (C=O) groups excluding carboxylic acids is 2. The summed E-state index contributed by atoms with van der Waals surface area (Å²) >= 11 is 8.63. The van der Waals surface area contributed by atoms with Crippen molar-refractivity contribution >= 4 is 52.3 Å². The fraction of sp³-hybridized carbons (Fsp3) is 0.333. The molecule has 2 aromatic heterocycles. The first-order valence-corrected chi connectivity index (χ1v) is 9.31. The largest absolute Gasteiger partial charge is 0.466 e. The molecule has 0 unspecified atom stereocenters. The van der Waals surface area contributed by atoms with Gasteiger partial charge in [-0.25, -0.2) is 9.97 Å². The minimum atomic E-state index is -0.372. The van der Waals surface area contributed by atoms with Gasteiger partial charge in [-0.2, -0.15) is 0 Å². The number of hydrogen-bond acceptors (Lipinski definition) is 7. The van der Waals surface area contributed by atoms with Crippen LogP contribution in [0.15, 0.2) is 28.0 Å². The minimum Gasteiger partial charge on any atom is -0.466 e. The van der Waals surface area contributed by atoms with Gasteiger partial charge in [-0.3, -0.25) is 9.59 Å². The van der Waals surface area contributed by atoms with Gasteiger partial charge in [0.15, 0.2) is 9.49 Å². The zero-order valence-corrected chi connectivity index (χ0v) is 15.5. The Morgan fingerprint density at radius 3 is 3.00 bits per heavy atom. The number of ether oxygens (including phenoxy) is 1. The molecule has 0 spiro atoms. The van der Waals surface area contributed by atoms with Gasteiger partial charge in [0.2, 0.25) is 5.91 Å². The number of carbonyl (C=O) groups is 2. The number of nitrogens with zero attached hydrogens (tertiary/aromatic N) is 2. The Labute approximate surface area is 153 Å². The number of pyridine rings is 1. The second kappa shape index (κ2) is 9.00. The Hall–Kier alpha value is -1.64. The number of aromatic nitrogens is 2. The molecule has 2 rings (SSSR count). The SMILES string of the molecule is CCOC(=O)Cc1csc(S[C@H](C)C(=O)Nc2cccnc2Cl)n1. The van der Waals surface area contributed by atoms with E-state index < -0.39 is 0 Å². The summed E-state index contributed by atoms with van der Waals surface area (Å²) in [6.07, 6.45) is 1.69. The standard InChI is InChI=1S/C15H16ClN3O3S2/c1-3-22-12(20)7-10-8-23-15(18-10)24-9(2)14(21)19-11-5-4-6-17-13(11)16/h4-6,8-9H,3,7H2,1-2H3,(H,19,21)/t9-/m1/s1. The Morgan fingerprint density at radius 1 is 1.50 bits per heavy atom. The Balaban J connectivity index is 1.91. The van der Waals surface area contributed by atoms with E-state index in [4.69, 9.17) is 16.3 Å². The number of nitrogens with one attached hydrogen (secondary N) is 1. The van der Waals surface area contributed by atoms with E-state index in [0.29, 0.717) is 22.3 Å². The number of anilines is 1. The van der Waals surface area contributed by atoms with Crippen LogP contribution in [0.25, 0.3) is 0 Å². The topological polar surface area (TPSA) is 81.2 Å². The average Bonchev–Trinajstić information content (AvgIpc) is 2.96. The fourth-order valence-corrected chi connectivity index (χ4v) is 3.85. The first-order valence-electron chi connectivity index (χ1n) is 7.17. The zero-order chi connectivity index (χ0) is 17.5. The van der Waals surface area contributed by atoms with Gasteiger partial charge in [0.05, 0.1) is 29.7 Å². The normalized spacial score (nSPS) is 11.8. The molecule has 0 aliphatic carbocycles. The Morgan fingerprint density at radius 2 is 2.29 bits per heavy atom. The summed E-state index contributed by atoms with van der Waals surface area (Å²) in [4.78, 5) is 31.9. The summed E-state index contributed by atoms with van der Waals surface area (Å²) in [6, 6.07) is 3.38. The fourth-order valence-electron chi connectivity index (χ4n) is 1.70. The lowest BCUT2D eigenvalue weighted by molar-refractivity contribution is -0.142. The number of hydrogen-bond donors (Lipinski definition) is 1. The monoisotopic (exact) mass is 385 g/mol. The molecule has 1 N–H and O–H groups in total. The van der Waals surface area contributed by atoms with Gasteiger partial charge >= 0.3 is 5.97 Å². The predicted octanol–water partition coefficient (Wildman–Crippen LogP) is 3.42. The van der Waals surface area contributed by atoms with Crippen LogP contribution < -0.4 is 5.32 Å². The van der Waals surface area contributed by atoms with Crippen molar-refractivity contribution in [3.8, 4) is 0 Å². The van der Waals surface area contributed by atoms with Gasteiger partial charge in [-0.15, -0.1) is 11.3 Å². The molecular weight excluding hydrogens is 370 g/mol. The van der Waals surface area contributed by atoms with Crippen LogP contribution in [0, 0.1) is 0 Å². The van der Waals surface area contributed by atoms with Crippen molar-refractivity contribution in [2.45, 2.75) is 29.9 Å². The van der Waals surface area contributed by atoms with Crippen molar-refractivity contribution in [2.75, 3.05) is 11.9 Å². The first-order chi connectivity index (χ1) is 11.5. The zero-order valence-electron chi connectivity index (χ0n) is 13.1. The maximum atomic E-state index is 12.2. The molecule has 1 amide bonds. The van der Waals surface area contributed by atoms with Crippen molar-refractivity contribution in [3.63, 3.8) is 0 Å². The molecule has 6 nitrogen and oxygen atoms in total. The molecule has 0 bridgehead atoms. The third-order valence-electron chi connectivity index (χ3n) is 2.83. The lowest BCUT2D eigenvalue weighted by Gasteiger charge is -2.11. The van der Waals surface area contributed by atoms with Crippen LogP contribution in [0.4, 0.5) is 5.69 Å². The summed E-state index contributed by atoms with van der Waals surface area (Å²) in [5.41, 5.74) is 1.11. The Kier molecular flexibility index (Phi) is 7.01. The van der Waals surface area contributed by atoms with E-state index in [1.54, 1.807) is 37.6 Å². The highest BCUT2D eigenvalue weighted by Crippen LogP contribution is 2.28. The highest BCUT2D eigenvalue weighted by molar-refractivity contribution is 8.02. The van der Waals surface area contributed by atoms with Crippen LogP contribution in [-0.4, -0.2) is 33.7 Å². The Bertz CT molecular complexity index is 723. The highest BCUT2D eigenvalue weighted by atomic mass is 35.5. The molecule has 0 radical (unpaired) electrons. The van der Waals surface area contributed by atoms with E-state index in [9.17, 15) is 9.59 Å². The molecular formula is C15H16ClN3O3S2. The number of thiazole rings is 1. The van der Waals surface area contributed by atoms with E-state index in [1.807, 2.05) is 0 Å². The number of amides is 1. The molecule has 2 aromatic rings. The molecule has 9 heteroatoms. The van der Waals surface area contributed by atoms with Crippen molar-refractivity contribution in [1.82, 2.24) is 9.97 Å². The van der Waals surface area contributed by atoms with Crippen LogP contribution >= 0.6 is 34.7 Å². The van der Waals surface area contributed by atoms with Gasteiger partial charge in [-0.1, -0.05) is 23.4 Å². The molecule has 0 aliphatic rings. The van der Waals surface area contributed by atoms with Crippen molar-refractivity contribution in [2.24, 2.45) is 0 Å². The second-order valence-corrected chi connectivity index (χ2v) is 7.48. The summed E-state index contributed by atoms with van der Waals surface area (Å²) < 4.78 is 5.61. The maximum Gasteiger partial charge on any atom is 0.311 e. The molecule has 0 aliphatic heterocycles. The number of thioether (sulfide) groups is 1. The number of rotatable bonds is 7. The molecule has 0 aromatic carbocycles. The summed E-state index contributed by atoms with van der Waals surface area (Å²) in [5.74, 6) is -0.506. The van der Waals surface area contributed by atoms with Gasteiger partial charge < -0.3 is 10.1 Å². The van der Waals surface area contributed by atoms with Crippen LogP contribution in [0.1, 0.15) is 19.5 Å². The molecule has 2 heterocycles. The summed E-state index contributed by atoms with van der Waals surface area (Å²) in [5, 5.41) is 4.40. The van der Waals surface area contributed by atoms with Crippen LogP contribution in [0.2, 0.25) is 5.15 Å². The lowest BCUT2D eigenvalue weighted by atomic mass is 10.3. The molecule has 128 valence electrons. The van der Waals surface area contributed by atoms with Crippen LogP contribution in [0.5, 0.6) is 0 Å². The number of esters is 1. The van der Waals surface area contributed by atoms with Gasteiger partial charge in [0.25, 0.3) is 0 Å². The van der Waals surface area contributed by atoms with E-state index in [0.717, 1.165) is 0 Å². The van der Waals surface area contributed by atoms with Crippen molar-refractivity contribution in [3.05, 3.63) is 34.6 Å². The lowest BCUT2D eigenvalue weighted by Crippen LogP contribution is -2.22. The van der Waals surface area contributed by atoms with E-state index in [1.165, 1.54) is 23.1 Å². The van der Waals surface area contributed by atoms with Gasteiger partial charge in [-0.05, 0) is 26.0 Å². The summed E-state index contributed by atoms with van der Waals surface area (Å²) in [7, 11) is 0. The van der Waals surface area contributed by atoms with Crippen molar-refractivity contribution in [1.29, 1.82) is 0 Å². The molecule has 0 fully saturated rings. The third-order valence-corrected chi connectivity index (χ3v) is 5.25. The second-order valence-electron chi connectivity index (χ2n) is 4.68. The number of halogens is 1. The molecule has 1 atom stereocenters. The van der Waals surface area contributed by atoms with Crippen LogP contribution in [0.3, 0.4) is 0 Å². The van der Waals surface area contributed by atoms with Crippen molar-refractivity contribution < 1.29 is 14.3 Å². The predicted molar refractivity (Wildman–Crippen MR) is 95.6 cm³/mol. The highest BCUT2D eigenvalue weighted by Gasteiger charge is 2.18. The summed E-state index contributed by atoms with van der Waals surface area (Å²) in [6.45, 7) is 3.88. The smallest absolute Gasteiger partial charge is 0.311 e. The van der Waals surface area contributed by atoms with E-state index in [2.05, 4.69) is 15.3 Å². The van der Waals surface area contributed by atoms with Gasteiger partial charge in [0.1, 0.15) is 0 Å². The first kappa shape index (κ1) is 18.7. The quantitative estimate of drug-likeness (QED) is 0.447. The minimum absolute atomic E-state index is 0.136. The molecule has 0 saturated heterocycles. The molecule has 24 heavy (non-hydrogen) atoms. The van der Waals surface area contributed by atoms with Crippen LogP contribution in [-0.2, 0) is 20.7 Å².